The topological polar surface area (TPSA) is 52.6 Å². The highest BCUT2D eigenvalue weighted by Crippen LogP contribution is 2.26. The molecule has 118 valence electrons. The lowest BCUT2D eigenvalue weighted by molar-refractivity contribution is -0.137. The quantitative estimate of drug-likeness (QED) is 0.465. The number of rotatable bonds is 6. The molecule has 0 unspecified atom stereocenters. The minimum Gasteiger partial charge on any atom is -0.496 e. The van der Waals surface area contributed by atoms with E-state index in [1.165, 1.54) is 13.2 Å². The van der Waals surface area contributed by atoms with Gasteiger partial charge in [-0.25, -0.2) is 4.79 Å². The van der Waals surface area contributed by atoms with Gasteiger partial charge in [0.15, 0.2) is 5.78 Å². The molecule has 0 radical (unpaired) electrons. The number of esters is 1. The minimum atomic E-state index is -0.462. The van der Waals surface area contributed by atoms with Crippen LogP contribution in [0.2, 0.25) is 0 Å². The lowest BCUT2D eigenvalue weighted by Crippen LogP contribution is -2.05. The number of ether oxygens (including phenoxy) is 2. The number of carbonyl (C=O) groups is 2. The zero-order valence-corrected chi connectivity index (χ0v) is 13.1. The Morgan fingerprint density at radius 1 is 1.04 bits per heavy atom. The van der Waals surface area contributed by atoms with Gasteiger partial charge in [0.25, 0.3) is 0 Å². The molecule has 0 aromatic heterocycles. The fourth-order valence-corrected chi connectivity index (χ4v) is 2.18. The molecule has 0 amide bonds. The van der Waals surface area contributed by atoms with Crippen molar-refractivity contribution in [2.75, 3.05) is 13.7 Å². The summed E-state index contributed by atoms with van der Waals surface area (Å²) in [6, 6.07) is 14.2. The third-order valence-corrected chi connectivity index (χ3v) is 3.24. The first-order valence-corrected chi connectivity index (χ1v) is 7.29. The molecule has 2 aromatic carbocycles. The van der Waals surface area contributed by atoms with Crippen molar-refractivity contribution in [2.45, 2.75) is 6.92 Å². The van der Waals surface area contributed by atoms with Crippen molar-refractivity contribution < 1.29 is 19.1 Å². The summed E-state index contributed by atoms with van der Waals surface area (Å²) in [5.41, 5.74) is 1.60. The van der Waals surface area contributed by atoms with Crippen molar-refractivity contribution >= 4 is 17.8 Å². The van der Waals surface area contributed by atoms with Gasteiger partial charge in [0.2, 0.25) is 0 Å². The van der Waals surface area contributed by atoms with Crippen LogP contribution in [0.1, 0.15) is 28.4 Å². The van der Waals surface area contributed by atoms with E-state index >= 15 is 0 Å². The Labute approximate surface area is 135 Å². The van der Waals surface area contributed by atoms with Crippen LogP contribution >= 0.6 is 0 Å². The van der Waals surface area contributed by atoms with E-state index in [-0.39, 0.29) is 5.78 Å². The number of ketones is 1. The van der Waals surface area contributed by atoms with Crippen LogP contribution in [-0.4, -0.2) is 25.5 Å². The van der Waals surface area contributed by atoms with Crippen LogP contribution < -0.4 is 4.74 Å². The third kappa shape index (κ3) is 4.07. The van der Waals surface area contributed by atoms with Gasteiger partial charge < -0.3 is 9.47 Å². The van der Waals surface area contributed by atoms with Gasteiger partial charge in [-0.1, -0.05) is 42.5 Å². The standard InChI is InChI=1S/C19H18O4/c1-3-23-18(20)13-12-15-16(10-7-11-17(15)22-2)19(21)14-8-5-4-6-9-14/h4-13H,3H2,1-2H3/b13-12+. The van der Waals surface area contributed by atoms with Crippen molar-refractivity contribution in [3.63, 3.8) is 0 Å². The van der Waals surface area contributed by atoms with Gasteiger partial charge in [-0.15, -0.1) is 0 Å². The summed E-state index contributed by atoms with van der Waals surface area (Å²) < 4.78 is 10.2. The molecule has 0 spiro atoms. The fraction of sp³-hybridized carbons (Fsp3) is 0.158. The van der Waals surface area contributed by atoms with E-state index in [0.717, 1.165) is 0 Å². The maximum atomic E-state index is 12.7. The molecule has 4 nitrogen and oxygen atoms in total. The summed E-state index contributed by atoms with van der Waals surface area (Å²) in [5.74, 6) is -0.0724. The largest absolute Gasteiger partial charge is 0.496 e. The Bertz CT molecular complexity index is 717. The van der Waals surface area contributed by atoms with Crippen molar-refractivity contribution in [1.29, 1.82) is 0 Å². The van der Waals surface area contributed by atoms with E-state index in [1.54, 1.807) is 43.3 Å². The number of benzene rings is 2. The summed E-state index contributed by atoms with van der Waals surface area (Å²) in [6.45, 7) is 2.03. The lowest BCUT2D eigenvalue weighted by atomic mass is 9.97. The summed E-state index contributed by atoms with van der Waals surface area (Å²) in [4.78, 5) is 24.2. The van der Waals surface area contributed by atoms with E-state index in [9.17, 15) is 9.59 Å². The second-order valence-corrected chi connectivity index (χ2v) is 4.70. The van der Waals surface area contributed by atoms with Crippen molar-refractivity contribution in [3.8, 4) is 5.75 Å². The zero-order chi connectivity index (χ0) is 16.7. The van der Waals surface area contributed by atoms with Crippen molar-refractivity contribution in [3.05, 3.63) is 71.3 Å². The van der Waals surface area contributed by atoms with Gasteiger partial charge in [-0.2, -0.15) is 0 Å². The van der Waals surface area contributed by atoms with E-state index in [2.05, 4.69) is 0 Å². The van der Waals surface area contributed by atoms with Crippen LogP contribution in [0.15, 0.2) is 54.6 Å². The molecule has 2 rings (SSSR count). The number of hydrogen-bond donors (Lipinski definition) is 0. The monoisotopic (exact) mass is 310 g/mol. The highest BCUT2D eigenvalue weighted by Gasteiger charge is 2.15. The van der Waals surface area contributed by atoms with Gasteiger partial charge >= 0.3 is 5.97 Å². The highest BCUT2D eigenvalue weighted by atomic mass is 16.5. The van der Waals surface area contributed by atoms with E-state index < -0.39 is 5.97 Å². The Morgan fingerprint density at radius 2 is 1.78 bits per heavy atom. The normalized spacial score (nSPS) is 10.5. The molecule has 0 N–H and O–H groups in total. The Morgan fingerprint density at radius 3 is 2.43 bits per heavy atom. The van der Waals surface area contributed by atoms with Crippen molar-refractivity contribution in [1.82, 2.24) is 0 Å². The van der Waals surface area contributed by atoms with E-state index in [4.69, 9.17) is 9.47 Å². The van der Waals surface area contributed by atoms with Crippen molar-refractivity contribution in [2.24, 2.45) is 0 Å². The van der Waals surface area contributed by atoms with Gasteiger partial charge in [0, 0.05) is 22.8 Å². The van der Waals surface area contributed by atoms with Crippen LogP contribution in [0.3, 0.4) is 0 Å². The average molecular weight is 310 g/mol. The first-order chi connectivity index (χ1) is 11.2. The van der Waals surface area contributed by atoms with E-state index in [0.29, 0.717) is 29.0 Å². The molecule has 0 aliphatic carbocycles. The molecule has 23 heavy (non-hydrogen) atoms. The SMILES string of the molecule is CCOC(=O)/C=C/c1c(OC)cccc1C(=O)c1ccccc1. The predicted octanol–water partition coefficient (Wildman–Crippen LogP) is 3.50. The molecule has 0 heterocycles. The van der Waals surface area contributed by atoms with Crippen LogP contribution in [0.25, 0.3) is 6.08 Å². The molecular formula is C19H18O4. The van der Waals surface area contributed by atoms with Crippen LogP contribution in [-0.2, 0) is 9.53 Å². The van der Waals surface area contributed by atoms with E-state index in [1.807, 2.05) is 18.2 Å². The number of hydrogen-bond acceptors (Lipinski definition) is 4. The predicted molar refractivity (Wildman–Crippen MR) is 88.5 cm³/mol. The first kappa shape index (κ1) is 16.5. The molecular weight excluding hydrogens is 292 g/mol. The maximum absolute atomic E-state index is 12.7. The van der Waals surface area contributed by atoms with Crippen LogP contribution in [0, 0.1) is 0 Å². The Hall–Kier alpha value is -2.88. The number of methoxy groups -OCH3 is 1. The maximum Gasteiger partial charge on any atom is 0.330 e. The van der Waals surface area contributed by atoms with Gasteiger partial charge in [0.05, 0.1) is 13.7 Å². The van der Waals surface area contributed by atoms with Gasteiger partial charge in [-0.05, 0) is 19.1 Å². The number of carbonyl (C=O) groups excluding carboxylic acids is 2. The molecule has 4 heteroatoms. The lowest BCUT2D eigenvalue weighted by Gasteiger charge is -2.10. The first-order valence-electron chi connectivity index (χ1n) is 7.29. The molecule has 0 fully saturated rings. The molecule has 0 aliphatic heterocycles. The summed E-state index contributed by atoms with van der Waals surface area (Å²) in [5, 5.41) is 0. The Balaban J connectivity index is 2.44. The fourth-order valence-electron chi connectivity index (χ4n) is 2.18. The minimum absolute atomic E-state index is 0.131. The molecule has 0 aliphatic rings. The molecule has 2 aromatic rings. The summed E-state index contributed by atoms with van der Waals surface area (Å²) in [7, 11) is 1.52. The average Bonchev–Trinajstić information content (AvgIpc) is 2.60. The third-order valence-electron chi connectivity index (χ3n) is 3.24. The molecule has 0 atom stereocenters. The molecule has 0 saturated heterocycles. The molecule has 0 bridgehead atoms. The summed E-state index contributed by atoms with van der Waals surface area (Å²) in [6.07, 6.45) is 2.84. The smallest absolute Gasteiger partial charge is 0.330 e. The van der Waals surface area contributed by atoms with Crippen LogP contribution in [0.5, 0.6) is 5.75 Å². The highest BCUT2D eigenvalue weighted by molar-refractivity contribution is 6.11. The summed E-state index contributed by atoms with van der Waals surface area (Å²) >= 11 is 0. The zero-order valence-electron chi connectivity index (χ0n) is 13.1. The second-order valence-electron chi connectivity index (χ2n) is 4.70. The van der Waals surface area contributed by atoms with Crippen LogP contribution in [0.4, 0.5) is 0 Å². The second kappa shape index (κ2) is 7.94. The Kier molecular flexibility index (Phi) is 5.69. The molecule has 0 saturated carbocycles. The van der Waals surface area contributed by atoms with Gasteiger partial charge in [-0.3, -0.25) is 4.79 Å². The van der Waals surface area contributed by atoms with Gasteiger partial charge in [0.1, 0.15) is 5.75 Å².